The van der Waals surface area contributed by atoms with Crippen LogP contribution >= 0.6 is 15.9 Å². The molecule has 4 fully saturated rings. The second-order valence-electron chi connectivity index (χ2n) is 7.94. The molecule has 3 nitrogen and oxygen atoms in total. The van der Waals surface area contributed by atoms with Gasteiger partial charge in [0.15, 0.2) is 11.6 Å². The third-order valence-corrected chi connectivity index (χ3v) is 6.94. The van der Waals surface area contributed by atoms with Crippen molar-refractivity contribution in [1.82, 2.24) is 0 Å². The molecule has 0 amide bonds. The van der Waals surface area contributed by atoms with Crippen molar-refractivity contribution < 1.29 is 18.7 Å². The van der Waals surface area contributed by atoms with E-state index in [1.165, 1.54) is 32.4 Å². The van der Waals surface area contributed by atoms with Crippen molar-refractivity contribution in [3.05, 3.63) is 29.6 Å². The maximum absolute atomic E-state index is 13.8. The minimum Gasteiger partial charge on any atom is -0.494 e. The molecule has 2 unspecified atom stereocenters. The molecule has 4 saturated carbocycles. The SMILES string of the molecule is COc1ccc(COC(=O)C23CC4CC(CC(Br)(C4)C2)C3)cc1F. The van der Waals surface area contributed by atoms with E-state index in [1.54, 1.807) is 12.1 Å². The van der Waals surface area contributed by atoms with E-state index in [0.717, 1.165) is 19.3 Å². The van der Waals surface area contributed by atoms with E-state index in [9.17, 15) is 9.18 Å². The van der Waals surface area contributed by atoms with Crippen molar-refractivity contribution in [2.75, 3.05) is 7.11 Å². The van der Waals surface area contributed by atoms with Gasteiger partial charge in [-0.3, -0.25) is 4.79 Å². The number of halogens is 2. The number of hydrogen-bond acceptors (Lipinski definition) is 3. The van der Waals surface area contributed by atoms with Crippen LogP contribution in [0.3, 0.4) is 0 Å². The average molecular weight is 397 g/mol. The first kappa shape index (κ1) is 16.4. The second kappa shape index (κ2) is 5.72. The van der Waals surface area contributed by atoms with E-state index in [2.05, 4.69) is 15.9 Å². The number of methoxy groups -OCH3 is 1. The van der Waals surface area contributed by atoms with E-state index >= 15 is 0 Å². The number of carbonyl (C=O) groups excluding carboxylic acids is 1. The molecule has 0 radical (unpaired) electrons. The quantitative estimate of drug-likeness (QED) is 0.550. The maximum atomic E-state index is 13.8. The Bertz CT molecular complexity index is 661. The summed E-state index contributed by atoms with van der Waals surface area (Å²) in [5.74, 6) is 0.942. The lowest BCUT2D eigenvalue weighted by Gasteiger charge is -2.58. The Balaban J connectivity index is 1.46. The highest BCUT2D eigenvalue weighted by molar-refractivity contribution is 9.10. The van der Waals surface area contributed by atoms with E-state index < -0.39 is 5.82 Å². The Hall–Kier alpha value is -1.10. The van der Waals surface area contributed by atoms with Crippen LogP contribution in [0.1, 0.15) is 44.1 Å². The minimum absolute atomic E-state index is 0.100. The van der Waals surface area contributed by atoms with Crippen molar-refractivity contribution in [2.45, 2.75) is 49.5 Å². The van der Waals surface area contributed by atoms with Gasteiger partial charge in [-0.25, -0.2) is 4.39 Å². The summed E-state index contributed by atoms with van der Waals surface area (Å²) in [6.45, 7) is 0.117. The summed E-state index contributed by atoms with van der Waals surface area (Å²) >= 11 is 3.91. The maximum Gasteiger partial charge on any atom is 0.312 e. The summed E-state index contributed by atoms with van der Waals surface area (Å²) in [4.78, 5) is 12.9. The number of carbonyl (C=O) groups is 1. The van der Waals surface area contributed by atoms with E-state index in [-0.39, 0.29) is 28.1 Å². The topological polar surface area (TPSA) is 35.5 Å². The van der Waals surface area contributed by atoms with E-state index in [1.807, 2.05) is 0 Å². The second-order valence-corrected chi connectivity index (χ2v) is 9.62. The van der Waals surface area contributed by atoms with Gasteiger partial charge in [-0.2, -0.15) is 0 Å². The average Bonchev–Trinajstić information content (AvgIpc) is 2.50. The smallest absolute Gasteiger partial charge is 0.312 e. The van der Waals surface area contributed by atoms with Gasteiger partial charge in [0.2, 0.25) is 0 Å². The van der Waals surface area contributed by atoms with Crippen LogP contribution in [0.4, 0.5) is 4.39 Å². The summed E-state index contributed by atoms with van der Waals surface area (Å²) in [5, 5.41) is 0. The molecule has 5 heteroatoms. The molecule has 0 N–H and O–H groups in total. The van der Waals surface area contributed by atoms with Crippen LogP contribution in [-0.2, 0) is 16.1 Å². The molecule has 2 atom stereocenters. The molecule has 0 spiro atoms. The highest BCUT2D eigenvalue weighted by Gasteiger charge is 2.60. The summed E-state index contributed by atoms with van der Waals surface area (Å²) < 4.78 is 24.4. The molecule has 4 bridgehead atoms. The van der Waals surface area contributed by atoms with Gasteiger partial charge in [0, 0.05) is 4.32 Å². The fourth-order valence-electron chi connectivity index (χ4n) is 5.49. The van der Waals surface area contributed by atoms with Crippen LogP contribution in [0, 0.1) is 23.1 Å². The number of alkyl halides is 1. The lowest BCUT2D eigenvalue weighted by atomic mass is 9.49. The number of benzene rings is 1. The molecule has 1 aromatic carbocycles. The predicted molar refractivity (Wildman–Crippen MR) is 91.5 cm³/mol. The summed E-state index contributed by atoms with van der Waals surface area (Å²) in [6.07, 6.45) is 6.40. The Morgan fingerprint density at radius 1 is 1.29 bits per heavy atom. The van der Waals surface area contributed by atoms with Crippen molar-refractivity contribution in [1.29, 1.82) is 0 Å². The van der Waals surface area contributed by atoms with Gasteiger partial charge in [-0.1, -0.05) is 22.0 Å². The predicted octanol–water partition coefficient (Wildman–Crippen LogP) is 4.61. The first-order chi connectivity index (χ1) is 11.4. The lowest BCUT2D eigenvalue weighted by molar-refractivity contribution is -0.170. The zero-order chi connectivity index (χ0) is 16.9. The first-order valence-corrected chi connectivity index (χ1v) is 9.39. The Morgan fingerprint density at radius 3 is 2.58 bits per heavy atom. The highest BCUT2D eigenvalue weighted by atomic mass is 79.9. The third-order valence-electron chi connectivity index (χ3n) is 6.01. The monoisotopic (exact) mass is 396 g/mol. The molecular formula is C19H22BrFO3. The van der Waals surface area contributed by atoms with Crippen LogP contribution < -0.4 is 4.74 Å². The van der Waals surface area contributed by atoms with Crippen LogP contribution in [0.5, 0.6) is 5.75 Å². The van der Waals surface area contributed by atoms with Crippen LogP contribution in [0.25, 0.3) is 0 Å². The van der Waals surface area contributed by atoms with E-state index in [4.69, 9.17) is 9.47 Å². The third kappa shape index (κ3) is 2.75. The molecule has 0 heterocycles. The highest BCUT2D eigenvalue weighted by Crippen LogP contribution is 2.64. The number of rotatable bonds is 4. The minimum atomic E-state index is -0.430. The molecule has 24 heavy (non-hydrogen) atoms. The largest absolute Gasteiger partial charge is 0.494 e. The van der Waals surface area contributed by atoms with E-state index in [0.29, 0.717) is 17.4 Å². The molecule has 0 saturated heterocycles. The van der Waals surface area contributed by atoms with Crippen molar-refractivity contribution in [3.63, 3.8) is 0 Å². The Labute approximate surface area is 150 Å². The summed E-state index contributed by atoms with van der Waals surface area (Å²) in [6, 6.07) is 4.68. The molecular weight excluding hydrogens is 375 g/mol. The van der Waals surface area contributed by atoms with Gasteiger partial charge < -0.3 is 9.47 Å². The first-order valence-electron chi connectivity index (χ1n) is 8.60. The van der Waals surface area contributed by atoms with Crippen molar-refractivity contribution in [3.8, 4) is 5.75 Å². The number of esters is 1. The molecule has 0 aromatic heterocycles. The van der Waals surface area contributed by atoms with Crippen LogP contribution in [0.15, 0.2) is 18.2 Å². The van der Waals surface area contributed by atoms with Gasteiger partial charge in [-0.05, 0) is 68.1 Å². The fraction of sp³-hybridized carbons (Fsp3) is 0.632. The zero-order valence-electron chi connectivity index (χ0n) is 13.8. The Kier molecular flexibility index (Phi) is 3.90. The van der Waals surface area contributed by atoms with Gasteiger partial charge in [-0.15, -0.1) is 0 Å². The molecule has 0 aliphatic heterocycles. The van der Waals surface area contributed by atoms with Crippen LogP contribution in [0.2, 0.25) is 0 Å². The number of hydrogen-bond donors (Lipinski definition) is 0. The van der Waals surface area contributed by atoms with Gasteiger partial charge in [0.25, 0.3) is 0 Å². The lowest BCUT2D eigenvalue weighted by Crippen LogP contribution is -2.56. The van der Waals surface area contributed by atoms with Crippen molar-refractivity contribution in [2.24, 2.45) is 17.3 Å². The molecule has 4 aliphatic carbocycles. The molecule has 4 aliphatic rings. The van der Waals surface area contributed by atoms with Gasteiger partial charge in [0.1, 0.15) is 6.61 Å². The summed E-state index contributed by atoms with van der Waals surface area (Å²) in [5.41, 5.74) is 0.318. The standard InChI is InChI=1S/C19H22BrFO3/c1-23-16-3-2-12(5-15(16)21)10-24-17(22)18-6-13-4-14(7-18)9-19(20,8-13)11-18/h2-3,5,13-14H,4,6-11H2,1H3. The van der Waals surface area contributed by atoms with Gasteiger partial charge in [0.05, 0.1) is 12.5 Å². The fourth-order valence-corrected chi connectivity index (χ4v) is 6.94. The molecule has 1 aromatic rings. The molecule has 130 valence electrons. The van der Waals surface area contributed by atoms with Crippen molar-refractivity contribution >= 4 is 21.9 Å². The van der Waals surface area contributed by atoms with Gasteiger partial charge >= 0.3 is 5.97 Å². The normalized spacial score (nSPS) is 36.6. The van der Waals surface area contributed by atoms with Crippen LogP contribution in [-0.4, -0.2) is 17.4 Å². The zero-order valence-corrected chi connectivity index (χ0v) is 15.4. The summed E-state index contributed by atoms with van der Waals surface area (Å²) in [7, 11) is 1.43. The molecule has 5 rings (SSSR count). The Morgan fingerprint density at radius 2 is 2.00 bits per heavy atom. The number of ether oxygens (including phenoxy) is 2.